The van der Waals surface area contributed by atoms with Gasteiger partial charge in [-0.15, -0.1) is 0 Å². The van der Waals surface area contributed by atoms with E-state index in [1.54, 1.807) is 18.2 Å². The molecule has 94 valence electrons. The fraction of sp³-hybridized carbons (Fsp3) is 0.300. The number of anilines is 1. The Morgan fingerprint density at radius 2 is 2.00 bits per heavy atom. The minimum atomic E-state index is -3.95. The van der Waals surface area contributed by atoms with E-state index >= 15 is 0 Å². The Labute approximate surface area is 99.0 Å². The molecule has 0 aliphatic rings. The number of carboxylic acid groups (broad SMARTS) is 1. The lowest BCUT2D eigenvalue weighted by atomic mass is 10.1. The Bertz CT molecular complexity index is 509. The first-order chi connectivity index (χ1) is 7.82. The average molecular weight is 259 g/mol. The molecule has 0 spiro atoms. The third kappa shape index (κ3) is 4.04. The number of hydrogen-bond donors (Lipinski definition) is 3. The minimum Gasteiger partial charge on any atom is -0.480 e. The van der Waals surface area contributed by atoms with Crippen molar-refractivity contribution in [2.24, 2.45) is 0 Å². The number of aliphatic carboxylic acids is 1. The highest BCUT2D eigenvalue weighted by molar-refractivity contribution is 7.93. The van der Waals surface area contributed by atoms with Gasteiger partial charge in [0.25, 0.3) is 0 Å². The van der Waals surface area contributed by atoms with Gasteiger partial charge < -0.3 is 10.2 Å². The molecule has 1 aromatic carbocycles. The molecule has 0 saturated carbocycles. The second kappa shape index (κ2) is 5.15. The molecule has 0 aliphatic carbocycles. The Balaban J connectivity index is 2.99. The summed E-state index contributed by atoms with van der Waals surface area (Å²) in [7, 11) is -3.95. The topological polar surface area (TPSA) is 104 Å². The molecular formula is C10H13NO5S. The number of aliphatic hydroxyl groups excluding tert-OH is 1. The molecular weight excluding hydrogens is 246 g/mol. The zero-order valence-corrected chi connectivity index (χ0v) is 9.94. The zero-order chi connectivity index (χ0) is 13.1. The number of carbonyl (C=O) groups is 1. The second-order valence-electron chi connectivity index (χ2n) is 3.52. The number of hydrogen-bond acceptors (Lipinski definition) is 4. The Morgan fingerprint density at radius 1 is 1.41 bits per heavy atom. The lowest BCUT2D eigenvalue weighted by Gasteiger charge is -2.13. The van der Waals surface area contributed by atoms with Gasteiger partial charge in [0.05, 0.1) is 11.8 Å². The van der Waals surface area contributed by atoms with E-state index in [1.165, 1.54) is 13.0 Å². The highest BCUT2D eigenvalue weighted by Gasteiger charge is 2.17. The van der Waals surface area contributed by atoms with Crippen molar-refractivity contribution >= 4 is 21.7 Å². The van der Waals surface area contributed by atoms with Crippen LogP contribution in [0.3, 0.4) is 0 Å². The van der Waals surface area contributed by atoms with E-state index in [9.17, 15) is 18.3 Å². The van der Waals surface area contributed by atoms with Crippen molar-refractivity contribution in [3.8, 4) is 0 Å². The van der Waals surface area contributed by atoms with Gasteiger partial charge in [-0.1, -0.05) is 18.2 Å². The van der Waals surface area contributed by atoms with Crippen molar-refractivity contribution in [2.45, 2.75) is 13.0 Å². The number of sulfonamides is 1. The summed E-state index contributed by atoms with van der Waals surface area (Å²) >= 11 is 0. The Hall–Kier alpha value is -1.60. The molecule has 0 radical (unpaired) electrons. The SMILES string of the molecule is CC(O)c1ccccc1NS(=O)(=O)CC(=O)O. The second-order valence-corrected chi connectivity index (χ2v) is 5.24. The maximum absolute atomic E-state index is 11.4. The van der Waals surface area contributed by atoms with E-state index in [1.807, 2.05) is 0 Å². The van der Waals surface area contributed by atoms with Gasteiger partial charge in [-0.3, -0.25) is 9.52 Å². The number of aliphatic hydroxyl groups is 1. The quantitative estimate of drug-likeness (QED) is 0.717. The zero-order valence-electron chi connectivity index (χ0n) is 9.12. The predicted molar refractivity (Wildman–Crippen MR) is 62.1 cm³/mol. The smallest absolute Gasteiger partial charge is 0.320 e. The highest BCUT2D eigenvalue weighted by Crippen LogP contribution is 2.23. The van der Waals surface area contributed by atoms with Crippen LogP contribution in [0.15, 0.2) is 24.3 Å². The lowest BCUT2D eigenvalue weighted by Crippen LogP contribution is -2.23. The molecule has 1 unspecified atom stereocenters. The predicted octanol–water partition coefficient (Wildman–Crippen LogP) is 0.566. The highest BCUT2D eigenvalue weighted by atomic mass is 32.2. The number of para-hydroxylation sites is 1. The molecule has 0 bridgehead atoms. The first-order valence-corrected chi connectivity index (χ1v) is 6.46. The monoisotopic (exact) mass is 259 g/mol. The Morgan fingerprint density at radius 3 is 2.53 bits per heavy atom. The third-order valence-electron chi connectivity index (χ3n) is 1.99. The molecule has 1 atom stereocenters. The average Bonchev–Trinajstić information content (AvgIpc) is 2.14. The van der Waals surface area contributed by atoms with Gasteiger partial charge in [0.2, 0.25) is 10.0 Å². The first-order valence-electron chi connectivity index (χ1n) is 4.81. The molecule has 3 N–H and O–H groups in total. The van der Waals surface area contributed by atoms with Crippen LogP contribution in [0, 0.1) is 0 Å². The van der Waals surface area contributed by atoms with E-state index in [0.29, 0.717) is 5.56 Å². The summed E-state index contributed by atoms with van der Waals surface area (Å²) in [6, 6.07) is 6.26. The van der Waals surface area contributed by atoms with Crippen LogP contribution in [-0.4, -0.2) is 30.4 Å². The molecule has 1 rings (SSSR count). The largest absolute Gasteiger partial charge is 0.480 e. The van der Waals surface area contributed by atoms with Crippen molar-refractivity contribution < 1.29 is 23.4 Å². The van der Waals surface area contributed by atoms with Crippen LogP contribution >= 0.6 is 0 Å². The summed E-state index contributed by atoms with van der Waals surface area (Å²) in [6.45, 7) is 1.49. The number of carboxylic acids is 1. The van der Waals surface area contributed by atoms with E-state index in [4.69, 9.17) is 5.11 Å². The fourth-order valence-electron chi connectivity index (χ4n) is 1.32. The maximum Gasteiger partial charge on any atom is 0.320 e. The number of rotatable bonds is 5. The van der Waals surface area contributed by atoms with Gasteiger partial charge in [-0.25, -0.2) is 8.42 Å². The van der Waals surface area contributed by atoms with Gasteiger partial charge in [0.1, 0.15) is 0 Å². The van der Waals surface area contributed by atoms with Crippen molar-refractivity contribution in [3.63, 3.8) is 0 Å². The van der Waals surface area contributed by atoms with Crippen LogP contribution < -0.4 is 4.72 Å². The van der Waals surface area contributed by atoms with Crippen LogP contribution in [0.2, 0.25) is 0 Å². The third-order valence-corrected chi connectivity index (χ3v) is 3.15. The van der Waals surface area contributed by atoms with Crippen molar-refractivity contribution in [2.75, 3.05) is 10.5 Å². The Kier molecular flexibility index (Phi) is 4.08. The molecule has 0 heterocycles. The number of benzene rings is 1. The van der Waals surface area contributed by atoms with Crippen LogP contribution in [0.25, 0.3) is 0 Å². The summed E-state index contributed by atoms with van der Waals surface area (Å²) in [4.78, 5) is 10.4. The molecule has 0 saturated heterocycles. The number of nitrogens with one attached hydrogen (secondary N) is 1. The molecule has 0 fully saturated rings. The van der Waals surface area contributed by atoms with Crippen molar-refractivity contribution in [1.29, 1.82) is 0 Å². The van der Waals surface area contributed by atoms with Gasteiger partial charge in [0.15, 0.2) is 5.75 Å². The molecule has 1 aromatic rings. The summed E-state index contributed by atoms with van der Waals surface area (Å²) in [5.41, 5.74) is 0.574. The van der Waals surface area contributed by atoms with E-state index in [-0.39, 0.29) is 5.69 Å². The maximum atomic E-state index is 11.4. The van der Waals surface area contributed by atoms with Gasteiger partial charge in [-0.05, 0) is 13.0 Å². The van der Waals surface area contributed by atoms with Crippen LogP contribution in [-0.2, 0) is 14.8 Å². The molecule has 6 nitrogen and oxygen atoms in total. The minimum absolute atomic E-state index is 0.184. The van der Waals surface area contributed by atoms with E-state index < -0.39 is 27.8 Å². The van der Waals surface area contributed by atoms with Gasteiger partial charge in [0, 0.05) is 5.56 Å². The van der Waals surface area contributed by atoms with Crippen LogP contribution in [0.1, 0.15) is 18.6 Å². The molecule has 0 amide bonds. The normalized spacial score (nSPS) is 13.1. The van der Waals surface area contributed by atoms with Gasteiger partial charge in [-0.2, -0.15) is 0 Å². The van der Waals surface area contributed by atoms with Crippen molar-refractivity contribution in [3.05, 3.63) is 29.8 Å². The van der Waals surface area contributed by atoms with Crippen molar-refractivity contribution in [1.82, 2.24) is 0 Å². The van der Waals surface area contributed by atoms with E-state index in [0.717, 1.165) is 0 Å². The molecule has 0 aromatic heterocycles. The summed E-state index contributed by atoms with van der Waals surface area (Å²) in [5.74, 6) is -2.45. The molecule has 7 heteroatoms. The standard InChI is InChI=1S/C10H13NO5S/c1-7(12)8-4-2-3-5-9(8)11-17(15,16)6-10(13)14/h2-5,7,11-12H,6H2,1H3,(H,13,14). The lowest BCUT2D eigenvalue weighted by molar-refractivity contribution is -0.134. The van der Waals surface area contributed by atoms with Crippen LogP contribution in [0.5, 0.6) is 0 Å². The van der Waals surface area contributed by atoms with Crippen LogP contribution in [0.4, 0.5) is 5.69 Å². The fourth-order valence-corrected chi connectivity index (χ4v) is 2.24. The summed E-state index contributed by atoms with van der Waals surface area (Å²) < 4.78 is 25.0. The summed E-state index contributed by atoms with van der Waals surface area (Å²) in [6.07, 6.45) is -0.848. The molecule has 0 aliphatic heterocycles. The van der Waals surface area contributed by atoms with E-state index in [2.05, 4.69) is 4.72 Å². The molecule has 17 heavy (non-hydrogen) atoms. The van der Waals surface area contributed by atoms with Gasteiger partial charge >= 0.3 is 5.97 Å². The first kappa shape index (κ1) is 13.5. The summed E-state index contributed by atoms with van der Waals surface area (Å²) in [5, 5.41) is 17.9.